The number of nitrogens with one attached hydrogen (secondary N) is 1. The molecule has 0 amide bonds. The molecule has 0 bridgehead atoms. The molecule has 5 nitrogen and oxygen atoms in total. The highest BCUT2D eigenvalue weighted by molar-refractivity contribution is 9.10. The van der Waals surface area contributed by atoms with Crippen LogP contribution in [0.5, 0.6) is 0 Å². The number of pyridine rings is 2. The molecule has 1 N–H and O–H groups in total. The number of hydrogen-bond donors (Lipinski definition) is 1. The van der Waals surface area contributed by atoms with E-state index in [9.17, 15) is 0 Å². The summed E-state index contributed by atoms with van der Waals surface area (Å²) in [5.74, 6) is 2.70. The first-order valence-corrected chi connectivity index (χ1v) is 9.46. The maximum absolute atomic E-state index is 4.68. The van der Waals surface area contributed by atoms with Crippen molar-refractivity contribution in [2.24, 2.45) is 9.98 Å². The lowest BCUT2D eigenvalue weighted by Crippen LogP contribution is -2.12. The number of rotatable bonds is 2. The number of hydrogen-bond acceptors (Lipinski definition) is 4. The van der Waals surface area contributed by atoms with E-state index in [0.29, 0.717) is 11.7 Å². The van der Waals surface area contributed by atoms with Crippen molar-refractivity contribution in [1.82, 2.24) is 9.97 Å². The minimum atomic E-state index is 0.613. The van der Waals surface area contributed by atoms with Gasteiger partial charge in [-0.25, -0.2) is 20.0 Å². The molecule has 1 aliphatic heterocycles. The second-order valence-electron chi connectivity index (χ2n) is 5.77. The van der Waals surface area contributed by atoms with Crippen LogP contribution in [0.2, 0.25) is 0 Å². The van der Waals surface area contributed by atoms with Gasteiger partial charge in [-0.1, -0.05) is 17.7 Å². The zero-order chi connectivity index (χ0) is 18.1. The van der Waals surface area contributed by atoms with Gasteiger partial charge in [-0.05, 0) is 69.1 Å². The molecule has 1 aliphatic rings. The number of nitrogens with zero attached hydrogens (tertiary/aromatic N) is 4. The fourth-order valence-corrected chi connectivity index (χ4v) is 3.04. The van der Waals surface area contributed by atoms with E-state index in [1.54, 1.807) is 12.4 Å². The van der Waals surface area contributed by atoms with Gasteiger partial charge < -0.3 is 5.32 Å². The Morgan fingerprint density at radius 3 is 2.35 bits per heavy atom. The van der Waals surface area contributed by atoms with Crippen LogP contribution in [0.15, 0.2) is 73.8 Å². The van der Waals surface area contributed by atoms with Crippen LogP contribution < -0.4 is 5.32 Å². The van der Waals surface area contributed by atoms with E-state index in [0.717, 1.165) is 37.3 Å². The predicted molar refractivity (Wildman–Crippen MR) is 111 cm³/mol. The quantitative estimate of drug-likeness (QED) is 0.555. The van der Waals surface area contributed by atoms with Crippen molar-refractivity contribution in [3.05, 3.63) is 80.5 Å². The Bertz CT molecular complexity index is 1020. The van der Waals surface area contributed by atoms with Crippen molar-refractivity contribution >= 4 is 55.2 Å². The minimum absolute atomic E-state index is 0.613. The molecule has 0 spiro atoms. The first-order chi connectivity index (χ1) is 12.6. The molecule has 1 aromatic carbocycles. The Morgan fingerprint density at radius 2 is 1.65 bits per heavy atom. The van der Waals surface area contributed by atoms with Gasteiger partial charge in [-0.2, -0.15) is 0 Å². The Kier molecular flexibility index (Phi) is 4.65. The maximum atomic E-state index is 4.68. The van der Waals surface area contributed by atoms with Crippen LogP contribution in [0.4, 0.5) is 11.6 Å². The van der Waals surface area contributed by atoms with Gasteiger partial charge in [0.1, 0.15) is 11.7 Å². The van der Waals surface area contributed by atoms with Crippen molar-refractivity contribution in [2.45, 2.75) is 6.92 Å². The van der Waals surface area contributed by atoms with Gasteiger partial charge in [-0.15, -0.1) is 0 Å². The van der Waals surface area contributed by atoms with Gasteiger partial charge in [0.05, 0.1) is 0 Å². The van der Waals surface area contributed by atoms with Crippen molar-refractivity contribution in [2.75, 3.05) is 5.32 Å². The number of aryl methyl sites for hydroxylation is 1. The van der Waals surface area contributed by atoms with Crippen LogP contribution in [0, 0.1) is 6.92 Å². The lowest BCUT2D eigenvalue weighted by Gasteiger charge is -2.06. The smallest absolute Gasteiger partial charge is 0.164 e. The van der Waals surface area contributed by atoms with Gasteiger partial charge in [0.2, 0.25) is 0 Å². The maximum Gasteiger partial charge on any atom is 0.164 e. The minimum Gasteiger partial charge on any atom is -0.324 e. The topological polar surface area (TPSA) is 62.5 Å². The summed E-state index contributed by atoms with van der Waals surface area (Å²) in [7, 11) is 0. The molecule has 3 heterocycles. The van der Waals surface area contributed by atoms with Crippen LogP contribution in [0.3, 0.4) is 0 Å². The largest absolute Gasteiger partial charge is 0.324 e. The fraction of sp³-hybridized carbons (Fsp3) is 0.0526. The Morgan fingerprint density at radius 1 is 0.885 bits per heavy atom. The first-order valence-electron chi connectivity index (χ1n) is 7.87. The van der Waals surface area contributed by atoms with Gasteiger partial charge in [0, 0.05) is 32.5 Å². The molecule has 3 aromatic rings. The molecule has 2 aromatic heterocycles. The summed E-state index contributed by atoms with van der Waals surface area (Å²) in [6.45, 7) is 2.05. The standard InChI is InChI=1S/C19H13Br2N5/c1-11-2-5-14-15(8-11)19(25-17-7-4-13(21)10-23-17)26-18(14)24-16-6-3-12(20)9-22-16/h2-10H,1H3,(H,22,23,24,25,26). The molecular weight excluding hydrogens is 458 g/mol. The van der Waals surface area contributed by atoms with Gasteiger partial charge in [-0.3, -0.25) is 0 Å². The lowest BCUT2D eigenvalue weighted by molar-refractivity contribution is 1.25. The molecule has 0 unspecified atom stereocenters. The third-order valence-corrected chi connectivity index (χ3v) is 4.73. The van der Waals surface area contributed by atoms with Crippen LogP contribution in [-0.4, -0.2) is 21.6 Å². The molecule has 0 aliphatic carbocycles. The zero-order valence-electron chi connectivity index (χ0n) is 13.7. The average Bonchev–Trinajstić information content (AvgIpc) is 2.95. The second kappa shape index (κ2) is 7.09. The van der Waals surface area contributed by atoms with E-state index in [1.165, 1.54) is 0 Å². The summed E-state index contributed by atoms with van der Waals surface area (Å²) in [5, 5.41) is 3.28. The molecule has 0 saturated heterocycles. The highest BCUT2D eigenvalue weighted by Gasteiger charge is 2.22. The normalized spacial score (nSPS) is 14.3. The SMILES string of the molecule is Cc1ccc2c(c1)C(=Nc1ccc(Br)cn1)N=C2Nc1ccc(Br)cn1. The number of anilines is 1. The third kappa shape index (κ3) is 3.59. The molecule has 0 radical (unpaired) electrons. The van der Waals surface area contributed by atoms with Crippen LogP contribution in [0.25, 0.3) is 0 Å². The van der Waals surface area contributed by atoms with Crippen LogP contribution in [0.1, 0.15) is 16.7 Å². The van der Waals surface area contributed by atoms with Gasteiger partial charge in [0.15, 0.2) is 11.7 Å². The predicted octanol–water partition coefficient (Wildman–Crippen LogP) is 5.26. The van der Waals surface area contributed by atoms with E-state index in [2.05, 4.69) is 76.2 Å². The van der Waals surface area contributed by atoms with E-state index < -0.39 is 0 Å². The molecule has 7 heteroatoms. The molecule has 128 valence electrons. The molecule has 0 saturated carbocycles. The van der Waals surface area contributed by atoms with E-state index in [4.69, 9.17) is 0 Å². The Balaban J connectivity index is 1.74. The number of amidine groups is 2. The average molecular weight is 471 g/mol. The summed E-state index contributed by atoms with van der Waals surface area (Å²) in [6, 6.07) is 13.8. The highest BCUT2D eigenvalue weighted by atomic mass is 79.9. The second-order valence-corrected chi connectivity index (χ2v) is 7.60. The van der Waals surface area contributed by atoms with Crippen LogP contribution in [-0.2, 0) is 0 Å². The number of halogens is 2. The van der Waals surface area contributed by atoms with Crippen LogP contribution >= 0.6 is 31.9 Å². The summed E-state index contributed by atoms with van der Waals surface area (Å²) < 4.78 is 1.84. The molecular formula is C19H13Br2N5. The fourth-order valence-electron chi connectivity index (χ4n) is 2.57. The van der Waals surface area contributed by atoms with Crippen molar-refractivity contribution in [3.8, 4) is 0 Å². The lowest BCUT2D eigenvalue weighted by atomic mass is 10.1. The van der Waals surface area contributed by atoms with Crippen molar-refractivity contribution in [3.63, 3.8) is 0 Å². The van der Waals surface area contributed by atoms with Crippen molar-refractivity contribution in [1.29, 1.82) is 0 Å². The summed E-state index contributed by atoms with van der Waals surface area (Å²) in [4.78, 5) is 18.0. The summed E-state index contributed by atoms with van der Waals surface area (Å²) >= 11 is 6.78. The summed E-state index contributed by atoms with van der Waals surface area (Å²) in [5.41, 5.74) is 3.13. The number of benzene rings is 1. The highest BCUT2D eigenvalue weighted by Crippen LogP contribution is 2.25. The molecule has 4 rings (SSSR count). The third-order valence-electron chi connectivity index (χ3n) is 3.79. The van der Waals surface area contributed by atoms with Crippen molar-refractivity contribution < 1.29 is 0 Å². The summed E-state index contributed by atoms with van der Waals surface area (Å²) in [6.07, 6.45) is 3.47. The number of aliphatic imine (C=N–C) groups is 2. The van der Waals surface area contributed by atoms with E-state index >= 15 is 0 Å². The van der Waals surface area contributed by atoms with Gasteiger partial charge in [0.25, 0.3) is 0 Å². The first kappa shape index (κ1) is 17.1. The zero-order valence-corrected chi connectivity index (χ0v) is 16.9. The molecule has 0 fully saturated rings. The number of aromatic nitrogens is 2. The Hall–Kier alpha value is -2.38. The van der Waals surface area contributed by atoms with E-state index in [-0.39, 0.29) is 0 Å². The Labute approximate surface area is 167 Å². The van der Waals surface area contributed by atoms with Gasteiger partial charge >= 0.3 is 0 Å². The van der Waals surface area contributed by atoms with E-state index in [1.807, 2.05) is 30.3 Å². The molecule has 0 atom stereocenters. The molecule has 26 heavy (non-hydrogen) atoms. The monoisotopic (exact) mass is 469 g/mol. The number of fused-ring (bicyclic) bond motifs is 1.